The third-order valence-corrected chi connectivity index (χ3v) is 13.2. The van der Waals surface area contributed by atoms with Crippen LogP contribution in [0.3, 0.4) is 0 Å². The smallest absolute Gasteiger partial charge is 0.255 e. The first-order valence-electron chi connectivity index (χ1n) is 20.3. The van der Waals surface area contributed by atoms with Crippen molar-refractivity contribution in [2.45, 2.75) is 64.0 Å². The fourth-order valence-electron chi connectivity index (χ4n) is 9.59. The number of carbonyl (C=O) groups is 3. The maximum Gasteiger partial charge on any atom is 0.255 e. The van der Waals surface area contributed by atoms with Crippen LogP contribution in [-0.2, 0) is 9.59 Å². The van der Waals surface area contributed by atoms with Crippen LogP contribution in [0.1, 0.15) is 67.8 Å². The van der Waals surface area contributed by atoms with E-state index in [1.807, 2.05) is 47.4 Å². The quantitative estimate of drug-likeness (QED) is 0.288. The number of halogens is 1. The molecular weight excluding hydrogens is 726 g/mol. The molecule has 0 aliphatic carbocycles. The van der Waals surface area contributed by atoms with Gasteiger partial charge in [0, 0.05) is 101 Å². The molecule has 5 saturated heterocycles. The number of carbonyl (C=O) groups excluding carboxylic acids is 3. The number of benzene rings is 2. The lowest BCUT2D eigenvalue weighted by Crippen LogP contribution is -2.49. The number of aromatic nitrogens is 1. The number of rotatable bonds is 8. The van der Waals surface area contributed by atoms with E-state index in [4.69, 9.17) is 16.6 Å². The number of imide groups is 1. The number of amides is 3. The van der Waals surface area contributed by atoms with E-state index in [9.17, 15) is 19.6 Å². The fourth-order valence-corrected chi connectivity index (χ4v) is 9.81. The summed E-state index contributed by atoms with van der Waals surface area (Å²) in [5, 5.41) is 15.5. The maximum atomic E-state index is 13.5. The van der Waals surface area contributed by atoms with Crippen LogP contribution in [0.25, 0.3) is 0 Å². The van der Waals surface area contributed by atoms with Gasteiger partial charge in [-0.25, -0.2) is 4.98 Å². The van der Waals surface area contributed by atoms with Gasteiger partial charge in [0.1, 0.15) is 17.9 Å². The largest absolute Gasteiger partial charge is 0.374 e. The topological polar surface area (TPSA) is 128 Å². The van der Waals surface area contributed by atoms with Crippen LogP contribution >= 0.6 is 11.6 Å². The average molecular weight is 778 g/mol. The van der Waals surface area contributed by atoms with E-state index >= 15 is 0 Å². The van der Waals surface area contributed by atoms with E-state index in [0.717, 1.165) is 120 Å². The second-order valence-corrected chi connectivity index (χ2v) is 17.0. The summed E-state index contributed by atoms with van der Waals surface area (Å²) >= 11 is 6.38. The molecule has 3 amide bonds. The predicted octanol–water partition coefficient (Wildman–Crippen LogP) is 5.38. The summed E-state index contributed by atoms with van der Waals surface area (Å²) in [5.41, 5.74) is 4.54. The molecule has 294 valence electrons. The summed E-state index contributed by atoms with van der Waals surface area (Å²) in [6, 6.07) is 20.1. The summed E-state index contributed by atoms with van der Waals surface area (Å²) in [7, 11) is 0. The first kappa shape index (κ1) is 38.0. The number of hydrogen-bond acceptors (Lipinski definition) is 10. The molecule has 3 aromatic rings. The minimum absolute atomic E-state index is 0.0750. The van der Waals surface area contributed by atoms with Crippen molar-refractivity contribution >= 4 is 52.2 Å². The molecule has 0 bridgehead atoms. The van der Waals surface area contributed by atoms with Crippen molar-refractivity contribution in [1.82, 2.24) is 20.1 Å². The van der Waals surface area contributed by atoms with Gasteiger partial charge in [-0.3, -0.25) is 24.6 Å². The number of nitriles is 1. The Morgan fingerprint density at radius 3 is 2.43 bits per heavy atom. The van der Waals surface area contributed by atoms with Crippen molar-refractivity contribution in [3.8, 4) is 6.07 Å². The van der Waals surface area contributed by atoms with Gasteiger partial charge in [0.15, 0.2) is 0 Å². The van der Waals surface area contributed by atoms with E-state index < -0.39 is 6.04 Å². The van der Waals surface area contributed by atoms with Crippen molar-refractivity contribution < 1.29 is 14.4 Å². The van der Waals surface area contributed by atoms with Crippen molar-refractivity contribution in [3.05, 3.63) is 76.9 Å². The SMILES string of the molecule is C[C@H]1CC2(CCN(c3ccc(C(=O)N4CCC(CN5CCN(c6cccc(N[C@H]7CCC(=O)NC7=O)c6)CC5)CC4)cn3)CC2)CN1c1ccc(C#N)c(Cl)c1. The minimum atomic E-state index is -0.392. The van der Waals surface area contributed by atoms with Gasteiger partial charge < -0.3 is 24.9 Å². The number of nitrogens with zero attached hydrogens (tertiary/aromatic N) is 7. The van der Waals surface area contributed by atoms with Crippen molar-refractivity contribution in [3.63, 3.8) is 0 Å². The highest BCUT2D eigenvalue weighted by atomic mass is 35.5. The molecule has 5 aliphatic rings. The van der Waals surface area contributed by atoms with Crippen LogP contribution in [-0.4, -0.2) is 110 Å². The Morgan fingerprint density at radius 2 is 1.73 bits per heavy atom. The van der Waals surface area contributed by atoms with E-state index in [1.165, 1.54) is 0 Å². The molecule has 1 spiro atoms. The lowest BCUT2D eigenvalue weighted by molar-refractivity contribution is -0.133. The van der Waals surface area contributed by atoms with Gasteiger partial charge in [0.2, 0.25) is 11.8 Å². The predicted molar refractivity (Wildman–Crippen MR) is 219 cm³/mol. The molecule has 0 saturated carbocycles. The first-order valence-corrected chi connectivity index (χ1v) is 20.7. The molecule has 1 aromatic heterocycles. The van der Waals surface area contributed by atoms with Gasteiger partial charge in [-0.1, -0.05) is 17.7 Å². The van der Waals surface area contributed by atoms with Gasteiger partial charge >= 0.3 is 0 Å². The molecule has 13 heteroatoms. The van der Waals surface area contributed by atoms with Crippen LogP contribution in [0.5, 0.6) is 0 Å². The third-order valence-electron chi connectivity index (χ3n) is 12.9. The van der Waals surface area contributed by atoms with Crippen LogP contribution in [0.4, 0.5) is 22.9 Å². The number of nitrogens with one attached hydrogen (secondary N) is 2. The number of likely N-dealkylation sites (tertiary alicyclic amines) is 1. The van der Waals surface area contributed by atoms with E-state index in [2.05, 4.69) is 55.4 Å². The summed E-state index contributed by atoms with van der Waals surface area (Å²) in [6.07, 6.45) is 7.96. The molecule has 0 radical (unpaired) electrons. The second kappa shape index (κ2) is 16.3. The summed E-state index contributed by atoms with van der Waals surface area (Å²) in [6.45, 7) is 11.6. The third kappa shape index (κ3) is 8.30. The highest BCUT2D eigenvalue weighted by molar-refractivity contribution is 6.32. The van der Waals surface area contributed by atoms with E-state index in [-0.39, 0.29) is 23.1 Å². The Kier molecular flexibility index (Phi) is 11.1. The summed E-state index contributed by atoms with van der Waals surface area (Å²) in [4.78, 5) is 53.8. The van der Waals surface area contributed by atoms with Gasteiger partial charge in [-0.15, -0.1) is 0 Å². The van der Waals surface area contributed by atoms with Crippen molar-refractivity contribution in [1.29, 1.82) is 5.26 Å². The zero-order valence-electron chi connectivity index (χ0n) is 32.3. The Bertz CT molecular complexity index is 1960. The van der Waals surface area contributed by atoms with Gasteiger partial charge in [0.25, 0.3) is 5.91 Å². The Hall–Kier alpha value is -4.86. The molecule has 6 heterocycles. The number of piperidine rings is 3. The van der Waals surface area contributed by atoms with Crippen LogP contribution in [0.2, 0.25) is 5.02 Å². The molecule has 56 heavy (non-hydrogen) atoms. The van der Waals surface area contributed by atoms with Crippen LogP contribution in [0.15, 0.2) is 60.8 Å². The molecule has 5 aliphatic heterocycles. The molecule has 2 N–H and O–H groups in total. The van der Waals surface area contributed by atoms with Crippen LogP contribution < -0.4 is 25.3 Å². The van der Waals surface area contributed by atoms with Crippen molar-refractivity contribution in [2.75, 3.05) is 85.5 Å². The van der Waals surface area contributed by atoms with Gasteiger partial charge in [-0.2, -0.15) is 5.26 Å². The lowest BCUT2D eigenvalue weighted by Gasteiger charge is -2.40. The van der Waals surface area contributed by atoms with E-state index in [1.54, 1.807) is 6.20 Å². The highest BCUT2D eigenvalue weighted by Gasteiger charge is 2.44. The number of piperazine rings is 1. The highest BCUT2D eigenvalue weighted by Crippen LogP contribution is 2.46. The average Bonchev–Trinajstić information content (AvgIpc) is 3.54. The fraction of sp³-hybridized carbons (Fsp3) is 0.512. The molecule has 2 atom stereocenters. The zero-order chi connectivity index (χ0) is 38.8. The zero-order valence-corrected chi connectivity index (χ0v) is 33.0. The lowest BCUT2D eigenvalue weighted by atomic mass is 9.77. The Balaban J connectivity index is 0.762. The standard InChI is InChI=1S/C43H52ClN9O3/c1-30-25-43(29-53(30)36-7-5-32(26-45)37(44)24-36)13-17-51(18-14-43)39-9-6-33(27-46-39)42(56)52-15-11-31(12-16-52)28-49-19-21-50(22-20-49)35-4-2-3-34(23-35)47-38-8-10-40(54)48-41(38)55/h2-7,9,23-24,27,30-31,38,47H,8,10-22,25,28-29H2,1H3,(H,48,54,55)/t30-,38-/m0/s1. The molecule has 5 fully saturated rings. The second-order valence-electron chi connectivity index (χ2n) is 16.6. The number of pyridine rings is 1. The molecular formula is C43H52ClN9O3. The number of hydrogen-bond donors (Lipinski definition) is 2. The Labute approximate surface area is 334 Å². The molecule has 0 unspecified atom stereocenters. The monoisotopic (exact) mass is 777 g/mol. The molecule has 8 rings (SSSR count). The Morgan fingerprint density at radius 1 is 0.946 bits per heavy atom. The number of anilines is 4. The first-order chi connectivity index (χ1) is 27.1. The van der Waals surface area contributed by atoms with E-state index in [0.29, 0.717) is 41.0 Å². The van der Waals surface area contributed by atoms with Crippen LogP contribution in [0, 0.1) is 22.7 Å². The minimum Gasteiger partial charge on any atom is -0.374 e. The van der Waals surface area contributed by atoms with Crippen molar-refractivity contribution in [2.24, 2.45) is 11.3 Å². The molecule has 12 nitrogen and oxygen atoms in total. The van der Waals surface area contributed by atoms with Gasteiger partial charge in [-0.05, 0) is 105 Å². The van der Waals surface area contributed by atoms with Gasteiger partial charge in [0.05, 0.1) is 16.1 Å². The molecule has 2 aromatic carbocycles. The normalized spacial score (nSPS) is 23.3. The maximum absolute atomic E-state index is 13.5. The summed E-state index contributed by atoms with van der Waals surface area (Å²) < 4.78 is 0. The summed E-state index contributed by atoms with van der Waals surface area (Å²) in [5.74, 6) is 1.12.